The topological polar surface area (TPSA) is 80.9 Å². The molecule has 6 heteroatoms. The molecule has 0 spiro atoms. The van der Waals surface area contributed by atoms with E-state index in [-0.39, 0.29) is 11.7 Å². The lowest BCUT2D eigenvalue weighted by Gasteiger charge is -2.11. The third kappa shape index (κ3) is 4.67. The first-order valence-corrected chi connectivity index (χ1v) is 9.61. The van der Waals surface area contributed by atoms with Gasteiger partial charge in [0.15, 0.2) is 5.78 Å². The van der Waals surface area contributed by atoms with Gasteiger partial charge in [0.1, 0.15) is 5.82 Å². The minimum atomic E-state index is 0.157. The first-order chi connectivity index (χ1) is 13.5. The third-order valence-electron chi connectivity index (χ3n) is 4.60. The van der Waals surface area contributed by atoms with Crippen LogP contribution in [-0.2, 0) is 6.42 Å². The molecule has 0 amide bonds. The van der Waals surface area contributed by atoms with Gasteiger partial charge in [-0.05, 0) is 30.5 Å². The molecule has 0 aliphatic rings. The molecule has 3 N–H and O–H groups in total. The van der Waals surface area contributed by atoms with Gasteiger partial charge in [0.25, 0.3) is 0 Å². The zero-order valence-electron chi connectivity index (χ0n) is 16.0. The predicted octanol–water partition coefficient (Wildman–Crippen LogP) is 4.93. The number of Topliss-reactive ketones (excluding diaryl/α,β-unsaturated/α-hetero) is 1. The highest BCUT2D eigenvalue weighted by Gasteiger charge is 2.09. The van der Waals surface area contributed by atoms with Crippen molar-refractivity contribution in [2.75, 3.05) is 17.6 Å². The van der Waals surface area contributed by atoms with Gasteiger partial charge in [-0.25, -0.2) is 4.98 Å². The number of hydrogen-bond acceptors (Lipinski definition) is 5. The zero-order valence-corrected chi connectivity index (χ0v) is 16.8. The fourth-order valence-electron chi connectivity index (χ4n) is 2.98. The molecule has 144 valence electrons. The molecular formula is C22H23ClN4O. The van der Waals surface area contributed by atoms with Gasteiger partial charge >= 0.3 is 0 Å². The molecule has 0 fully saturated rings. The Kier molecular flexibility index (Phi) is 6.26. The Morgan fingerprint density at radius 1 is 1.14 bits per heavy atom. The van der Waals surface area contributed by atoms with E-state index in [1.807, 2.05) is 62.4 Å². The molecule has 0 aliphatic heterocycles. The van der Waals surface area contributed by atoms with E-state index in [1.54, 1.807) is 0 Å². The average Bonchev–Trinajstić information content (AvgIpc) is 2.69. The van der Waals surface area contributed by atoms with E-state index in [0.29, 0.717) is 23.8 Å². The molecule has 0 saturated heterocycles. The van der Waals surface area contributed by atoms with Crippen molar-refractivity contribution in [2.45, 2.75) is 26.7 Å². The zero-order chi connectivity index (χ0) is 20.1. The number of aromatic nitrogens is 2. The molecule has 0 atom stereocenters. The summed E-state index contributed by atoms with van der Waals surface area (Å²) in [4.78, 5) is 20.3. The molecule has 0 aliphatic carbocycles. The van der Waals surface area contributed by atoms with Gasteiger partial charge in [0, 0.05) is 35.2 Å². The van der Waals surface area contributed by atoms with Gasteiger partial charge in [0.2, 0.25) is 5.95 Å². The number of benzene rings is 2. The van der Waals surface area contributed by atoms with E-state index >= 15 is 0 Å². The standard InChI is InChI=1S/C22H23ClN4O/c1-3-20(28)16-9-7-15(8-10-16)11-12-25-21-13-19(26-22(24)27-21)17-5-4-6-18(23)14(17)2/h4-10,13H,3,11-12H2,1-2H3,(H3,24,25,26,27). The molecular weight excluding hydrogens is 372 g/mol. The lowest BCUT2D eigenvalue weighted by atomic mass is 10.0. The van der Waals surface area contributed by atoms with Crippen LogP contribution in [0.25, 0.3) is 11.3 Å². The van der Waals surface area contributed by atoms with Crippen molar-refractivity contribution in [3.63, 3.8) is 0 Å². The van der Waals surface area contributed by atoms with E-state index in [1.165, 1.54) is 0 Å². The maximum absolute atomic E-state index is 11.7. The summed E-state index contributed by atoms with van der Waals surface area (Å²) >= 11 is 6.22. The summed E-state index contributed by atoms with van der Waals surface area (Å²) in [6.45, 7) is 4.51. The molecule has 0 unspecified atom stereocenters. The highest BCUT2D eigenvalue weighted by Crippen LogP contribution is 2.28. The van der Waals surface area contributed by atoms with E-state index in [4.69, 9.17) is 17.3 Å². The van der Waals surface area contributed by atoms with E-state index in [0.717, 1.165) is 34.4 Å². The summed E-state index contributed by atoms with van der Waals surface area (Å²) in [7, 11) is 0. The van der Waals surface area contributed by atoms with E-state index in [2.05, 4.69) is 15.3 Å². The van der Waals surface area contributed by atoms with Gasteiger partial charge in [-0.2, -0.15) is 4.98 Å². The second kappa shape index (κ2) is 8.85. The van der Waals surface area contributed by atoms with Gasteiger partial charge < -0.3 is 11.1 Å². The molecule has 1 aromatic heterocycles. The Labute approximate surface area is 170 Å². The Balaban J connectivity index is 1.69. The fraction of sp³-hybridized carbons (Fsp3) is 0.227. The minimum Gasteiger partial charge on any atom is -0.370 e. The second-order valence-corrected chi connectivity index (χ2v) is 6.97. The van der Waals surface area contributed by atoms with Crippen LogP contribution in [0.3, 0.4) is 0 Å². The molecule has 2 aromatic carbocycles. The van der Waals surface area contributed by atoms with E-state index in [9.17, 15) is 4.79 Å². The quantitative estimate of drug-likeness (QED) is 0.555. The summed E-state index contributed by atoms with van der Waals surface area (Å²) in [6, 6.07) is 15.3. The van der Waals surface area contributed by atoms with Crippen molar-refractivity contribution < 1.29 is 4.79 Å². The maximum Gasteiger partial charge on any atom is 0.222 e. The Hall–Kier alpha value is -2.92. The van der Waals surface area contributed by atoms with Crippen molar-refractivity contribution in [1.82, 2.24) is 9.97 Å². The maximum atomic E-state index is 11.7. The average molecular weight is 395 g/mol. The first kappa shape index (κ1) is 19.8. The van der Waals surface area contributed by atoms with Crippen LogP contribution in [0.1, 0.15) is 34.8 Å². The number of nitrogen functional groups attached to an aromatic ring is 1. The summed E-state index contributed by atoms with van der Waals surface area (Å²) in [6.07, 6.45) is 1.32. The third-order valence-corrected chi connectivity index (χ3v) is 5.01. The van der Waals surface area contributed by atoms with Crippen molar-refractivity contribution in [3.8, 4) is 11.3 Å². The van der Waals surface area contributed by atoms with Crippen LogP contribution in [-0.4, -0.2) is 22.3 Å². The lowest BCUT2D eigenvalue weighted by molar-refractivity contribution is 0.0988. The highest BCUT2D eigenvalue weighted by molar-refractivity contribution is 6.31. The Morgan fingerprint density at radius 3 is 2.61 bits per heavy atom. The second-order valence-electron chi connectivity index (χ2n) is 6.56. The SMILES string of the molecule is CCC(=O)c1ccc(CCNc2cc(-c3cccc(Cl)c3C)nc(N)n2)cc1. The molecule has 5 nitrogen and oxygen atoms in total. The molecule has 1 heterocycles. The van der Waals surface area contributed by atoms with Crippen LogP contribution in [0.15, 0.2) is 48.5 Å². The number of rotatable bonds is 7. The van der Waals surface area contributed by atoms with Crippen LogP contribution in [0.4, 0.5) is 11.8 Å². The van der Waals surface area contributed by atoms with Gasteiger partial charge in [-0.15, -0.1) is 0 Å². The highest BCUT2D eigenvalue weighted by atomic mass is 35.5. The first-order valence-electron chi connectivity index (χ1n) is 9.24. The van der Waals surface area contributed by atoms with E-state index < -0.39 is 0 Å². The molecule has 28 heavy (non-hydrogen) atoms. The minimum absolute atomic E-state index is 0.157. The summed E-state index contributed by atoms with van der Waals surface area (Å²) in [5, 5.41) is 3.98. The Bertz CT molecular complexity index is 986. The number of nitrogens with zero attached hydrogens (tertiary/aromatic N) is 2. The number of nitrogens with two attached hydrogens (primary N) is 1. The summed E-state index contributed by atoms with van der Waals surface area (Å²) in [5.41, 5.74) is 10.4. The molecule has 0 radical (unpaired) electrons. The van der Waals surface area contributed by atoms with Crippen molar-refractivity contribution in [1.29, 1.82) is 0 Å². The summed E-state index contributed by atoms with van der Waals surface area (Å²) < 4.78 is 0. The van der Waals surface area contributed by atoms with Crippen LogP contribution >= 0.6 is 11.6 Å². The fourth-order valence-corrected chi connectivity index (χ4v) is 3.15. The number of halogens is 1. The molecule has 3 aromatic rings. The molecule has 3 rings (SSSR count). The number of carbonyl (C=O) groups excluding carboxylic acids is 1. The van der Waals surface area contributed by atoms with Crippen molar-refractivity contribution in [2.24, 2.45) is 0 Å². The smallest absolute Gasteiger partial charge is 0.222 e. The monoisotopic (exact) mass is 394 g/mol. The Morgan fingerprint density at radius 2 is 1.89 bits per heavy atom. The van der Waals surface area contributed by atoms with Crippen LogP contribution in [0.2, 0.25) is 5.02 Å². The van der Waals surface area contributed by atoms with Gasteiger partial charge in [-0.1, -0.05) is 54.9 Å². The normalized spacial score (nSPS) is 10.7. The molecule has 0 bridgehead atoms. The van der Waals surface area contributed by atoms with Crippen molar-refractivity contribution in [3.05, 3.63) is 70.2 Å². The lowest BCUT2D eigenvalue weighted by Crippen LogP contribution is -2.09. The number of ketones is 1. The molecule has 0 saturated carbocycles. The number of carbonyl (C=O) groups is 1. The number of anilines is 2. The summed E-state index contributed by atoms with van der Waals surface area (Å²) in [5.74, 6) is 1.03. The van der Waals surface area contributed by atoms with Gasteiger partial charge in [-0.3, -0.25) is 4.79 Å². The van der Waals surface area contributed by atoms with Crippen molar-refractivity contribution >= 4 is 29.2 Å². The van der Waals surface area contributed by atoms with Crippen LogP contribution < -0.4 is 11.1 Å². The predicted molar refractivity (Wildman–Crippen MR) is 115 cm³/mol. The number of hydrogen-bond donors (Lipinski definition) is 2. The number of nitrogens with one attached hydrogen (secondary N) is 1. The van der Waals surface area contributed by atoms with Crippen LogP contribution in [0.5, 0.6) is 0 Å². The van der Waals surface area contributed by atoms with Gasteiger partial charge in [0.05, 0.1) is 5.69 Å². The largest absolute Gasteiger partial charge is 0.370 e. The van der Waals surface area contributed by atoms with Crippen LogP contribution in [0, 0.1) is 6.92 Å².